The van der Waals surface area contributed by atoms with E-state index in [1.54, 1.807) is 0 Å². The van der Waals surface area contributed by atoms with E-state index in [0.29, 0.717) is 37.1 Å². The zero-order valence-corrected chi connectivity index (χ0v) is 21.1. The molecule has 1 aliphatic rings. The number of sulfone groups is 2. The number of benzene rings is 2. The zero-order chi connectivity index (χ0) is 24.4. The van der Waals surface area contributed by atoms with Crippen molar-refractivity contribution < 1.29 is 25.6 Å². The summed E-state index contributed by atoms with van der Waals surface area (Å²) in [5.74, 6) is -1.33. The average molecular weight is 519 g/mol. The monoisotopic (exact) mass is 518 g/mol. The molecule has 0 aromatic heterocycles. The fraction of sp³-hybridized carbons (Fsp3) is 0.500. The van der Waals surface area contributed by atoms with E-state index in [4.69, 9.17) is 11.6 Å². The van der Waals surface area contributed by atoms with Crippen molar-refractivity contribution in [2.75, 3.05) is 6.26 Å². The molecule has 182 valence electrons. The SMILES string of the molecule is CCC(CCC1CCC(c2cc(F)ccc2F)(S(=O)(=O)c2ccc(Cl)cc2)CC1)S(C)(=O)=O. The molecular formula is C24H29ClF2O4S2. The van der Waals surface area contributed by atoms with Gasteiger partial charge in [-0.15, -0.1) is 0 Å². The molecule has 1 unspecified atom stereocenters. The molecule has 0 spiro atoms. The molecule has 1 saturated carbocycles. The fourth-order valence-corrected chi connectivity index (χ4v) is 8.40. The third-order valence-corrected chi connectivity index (χ3v) is 11.5. The zero-order valence-electron chi connectivity index (χ0n) is 18.7. The Morgan fingerprint density at radius 2 is 1.64 bits per heavy atom. The van der Waals surface area contributed by atoms with E-state index in [9.17, 15) is 25.6 Å². The van der Waals surface area contributed by atoms with Crippen LogP contribution in [0.25, 0.3) is 0 Å². The topological polar surface area (TPSA) is 68.3 Å². The van der Waals surface area contributed by atoms with Gasteiger partial charge in [0.05, 0.1) is 10.1 Å². The highest BCUT2D eigenvalue weighted by Crippen LogP contribution is 2.50. The van der Waals surface area contributed by atoms with E-state index in [0.717, 1.165) is 18.2 Å². The van der Waals surface area contributed by atoms with Crippen molar-refractivity contribution in [1.82, 2.24) is 0 Å². The molecule has 0 amide bonds. The smallest absolute Gasteiger partial charge is 0.188 e. The van der Waals surface area contributed by atoms with Crippen LogP contribution in [0.5, 0.6) is 0 Å². The van der Waals surface area contributed by atoms with Crippen molar-refractivity contribution in [3.63, 3.8) is 0 Å². The highest BCUT2D eigenvalue weighted by atomic mass is 35.5. The Labute approximate surface area is 200 Å². The maximum absolute atomic E-state index is 14.9. The molecule has 2 aromatic rings. The Bertz CT molecular complexity index is 1190. The normalized spacial score (nSPS) is 22.8. The van der Waals surface area contributed by atoms with Gasteiger partial charge in [-0.25, -0.2) is 25.6 Å². The molecule has 4 nitrogen and oxygen atoms in total. The van der Waals surface area contributed by atoms with Gasteiger partial charge < -0.3 is 0 Å². The Morgan fingerprint density at radius 1 is 1.03 bits per heavy atom. The molecule has 0 bridgehead atoms. The van der Waals surface area contributed by atoms with E-state index in [1.165, 1.54) is 30.5 Å². The first kappa shape index (κ1) is 26.1. The molecule has 1 atom stereocenters. The number of hydrogen-bond donors (Lipinski definition) is 0. The summed E-state index contributed by atoms with van der Waals surface area (Å²) in [5.41, 5.74) is -0.154. The van der Waals surface area contributed by atoms with Crippen molar-refractivity contribution in [3.8, 4) is 0 Å². The van der Waals surface area contributed by atoms with Gasteiger partial charge >= 0.3 is 0 Å². The molecule has 0 radical (unpaired) electrons. The van der Waals surface area contributed by atoms with Crippen LogP contribution in [-0.2, 0) is 24.4 Å². The van der Waals surface area contributed by atoms with E-state index in [2.05, 4.69) is 0 Å². The van der Waals surface area contributed by atoms with Gasteiger partial charge in [0.2, 0.25) is 0 Å². The van der Waals surface area contributed by atoms with Gasteiger partial charge in [-0.3, -0.25) is 0 Å². The third kappa shape index (κ3) is 5.43. The van der Waals surface area contributed by atoms with Crippen molar-refractivity contribution in [2.24, 2.45) is 5.92 Å². The second kappa shape index (κ2) is 10.0. The fourth-order valence-electron chi connectivity index (χ4n) is 4.94. The Kier molecular flexibility index (Phi) is 7.91. The molecule has 33 heavy (non-hydrogen) atoms. The molecule has 0 N–H and O–H groups in total. The molecular weight excluding hydrogens is 490 g/mol. The molecule has 0 aliphatic heterocycles. The number of rotatable bonds is 8. The van der Waals surface area contributed by atoms with E-state index >= 15 is 0 Å². The van der Waals surface area contributed by atoms with Crippen LogP contribution in [0.2, 0.25) is 5.02 Å². The van der Waals surface area contributed by atoms with Gasteiger partial charge in [0.25, 0.3) is 0 Å². The predicted octanol–water partition coefficient (Wildman–Crippen LogP) is 6.08. The minimum Gasteiger partial charge on any atom is -0.229 e. The van der Waals surface area contributed by atoms with Crippen LogP contribution in [0, 0.1) is 17.6 Å². The molecule has 9 heteroatoms. The lowest BCUT2D eigenvalue weighted by Crippen LogP contribution is -2.41. The summed E-state index contributed by atoms with van der Waals surface area (Å²) >= 11 is 5.92. The van der Waals surface area contributed by atoms with Gasteiger partial charge in [0.1, 0.15) is 26.2 Å². The predicted molar refractivity (Wildman–Crippen MR) is 127 cm³/mol. The minimum atomic E-state index is -4.08. The molecule has 3 rings (SSSR count). The quantitative estimate of drug-likeness (QED) is 0.424. The lowest BCUT2D eigenvalue weighted by Gasteiger charge is -2.40. The molecule has 2 aromatic carbocycles. The largest absolute Gasteiger partial charge is 0.229 e. The van der Waals surface area contributed by atoms with E-state index in [1.807, 2.05) is 6.92 Å². The van der Waals surface area contributed by atoms with E-state index in [-0.39, 0.29) is 29.2 Å². The Balaban J connectivity index is 1.94. The Hall–Kier alpha value is -1.51. The van der Waals surface area contributed by atoms with Crippen LogP contribution in [0.4, 0.5) is 8.78 Å². The highest BCUT2D eigenvalue weighted by Gasteiger charge is 2.50. The van der Waals surface area contributed by atoms with Crippen LogP contribution in [0.1, 0.15) is 57.4 Å². The summed E-state index contributed by atoms with van der Waals surface area (Å²) in [6.45, 7) is 1.84. The van der Waals surface area contributed by atoms with Gasteiger partial charge in [0.15, 0.2) is 9.84 Å². The second-order valence-corrected chi connectivity index (χ2v) is 14.0. The Morgan fingerprint density at radius 3 is 2.18 bits per heavy atom. The summed E-state index contributed by atoms with van der Waals surface area (Å²) in [6.07, 6.45) is 4.11. The molecule has 1 fully saturated rings. The summed E-state index contributed by atoms with van der Waals surface area (Å²) in [6, 6.07) is 8.63. The first-order valence-electron chi connectivity index (χ1n) is 11.1. The van der Waals surface area contributed by atoms with Crippen LogP contribution in [-0.4, -0.2) is 28.3 Å². The minimum absolute atomic E-state index is 0.0112. The first-order valence-corrected chi connectivity index (χ1v) is 14.9. The van der Waals surface area contributed by atoms with Gasteiger partial charge in [-0.05, 0) is 93.3 Å². The maximum atomic E-state index is 14.9. The summed E-state index contributed by atoms with van der Waals surface area (Å²) in [5, 5.41) is -0.0531. The lowest BCUT2D eigenvalue weighted by molar-refractivity contribution is 0.269. The summed E-state index contributed by atoms with van der Waals surface area (Å²) < 4.78 is 79.0. The van der Waals surface area contributed by atoms with Gasteiger partial charge in [0, 0.05) is 16.8 Å². The van der Waals surface area contributed by atoms with Crippen LogP contribution < -0.4 is 0 Å². The standard InChI is InChI=1S/C24H29ClF2O4S2/c1-3-20(32(2,28)29)8-4-17-12-14-24(15-13-17,22-16-19(26)7-11-23(22)27)33(30,31)21-9-5-18(25)6-10-21/h5-7,9-11,16-17,20H,3-4,8,12-15H2,1-2H3. The molecule has 1 aliphatic carbocycles. The second-order valence-electron chi connectivity index (χ2n) is 8.96. The van der Waals surface area contributed by atoms with Crippen molar-refractivity contribution >= 4 is 31.3 Å². The molecule has 0 heterocycles. The number of halogens is 3. The number of hydrogen-bond acceptors (Lipinski definition) is 4. The highest BCUT2D eigenvalue weighted by molar-refractivity contribution is 7.92. The molecule has 0 saturated heterocycles. The van der Waals surface area contributed by atoms with Crippen molar-refractivity contribution in [2.45, 2.75) is 66.8 Å². The van der Waals surface area contributed by atoms with Crippen LogP contribution in [0.3, 0.4) is 0 Å². The maximum Gasteiger partial charge on any atom is 0.188 e. The van der Waals surface area contributed by atoms with Crippen LogP contribution in [0.15, 0.2) is 47.4 Å². The van der Waals surface area contributed by atoms with Crippen molar-refractivity contribution in [3.05, 3.63) is 64.7 Å². The van der Waals surface area contributed by atoms with Crippen molar-refractivity contribution in [1.29, 1.82) is 0 Å². The lowest BCUT2D eigenvalue weighted by atomic mass is 9.76. The van der Waals surface area contributed by atoms with Crippen LogP contribution >= 0.6 is 11.6 Å². The van der Waals surface area contributed by atoms with Gasteiger partial charge in [-0.2, -0.15) is 0 Å². The summed E-state index contributed by atoms with van der Waals surface area (Å²) in [7, 11) is -7.23. The van der Waals surface area contributed by atoms with E-state index < -0.39 is 41.3 Å². The third-order valence-electron chi connectivity index (χ3n) is 6.93. The van der Waals surface area contributed by atoms with Gasteiger partial charge in [-0.1, -0.05) is 18.5 Å². The summed E-state index contributed by atoms with van der Waals surface area (Å²) in [4.78, 5) is 0.0112. The average Bonchev–Trinajstić information content (AvgIpc) is 2.75. The first-order chi connectivity index (χ1) is 15.4.